The number of nitrogens with zero attached hydrogens (tertiary/aromatic N) is 3. The van der Waals surface area contributed by atoms with Gasteiger partial charge in [0, 0.05) is 0 Å². The van der Waals surface area contributed by atoms with Crippen LogP contribution in [0.25, 0.3) is 0 Å². The number of carbonyl (C=O) groups excluding carboxylic acids is 1. The Hall–Kier alpha value is -2.48. The number of nitrogen functional groups attached to an aromatic ring is 3. The third-order valence-electron chi connectivity index (χ3n) is 1.16. The Balaban J connectivity index is 0. The average molecular weight is 254 g/mol. The van der Waals surface area contributed by atoms with Crippen molar-refractivity contribution >= 4 is 24.6 Å². The first-order chi connectivity index (χ1) is 8.60. The van der Waals surface area contributed by atoms with E-state index < -0.39 is 0 Å². The number of rotatable bonds is 4. The highest BCUT2D eigenvalue weighted by molar-refractivity contribution is 5.33. The van der Waals surface area contributed by atoms with Crippen molar-refractivity contribution in [1.82, 2.24) is 15.0 Å². The molecular formula is C10H18N6O2. The van der Waals surface area contributed by atoms with Crippen molar-refractivity contribution in [1.29, 1.82) is 0 Å². The summed E-state index contributed by atoms with van der Waals surface area (Å²) < 4.78 is 4.90. The van der Waals surface area contributed by atoms with Crippen LogP contribution in [-0.2, 0) is 9.53 Å². The van der Waals surface area contributed by atoms with Crippen molar-refractivity contribution in [3.8, 4) is 0 Å². The number of hydrogen-bond donors (Lipinski definition) is 3. The highest BCUT2D eigenvalue weighted by Gasteiger charge is 1.93. The molecule has 18 heavy (non-hydrogen) atoms. The van der Waals surface area contributed by atoms with Crippen molar-refractivity contribution in [3.63, 3.8) is 0 Å². The lowest BCUT2D eigenvalue weighted by Gasteiger charge is -1.93. The first kappa shape index (κ1) is 17.9. The van der Waals surface area contributed by atoms with E-state index in [0.29, 0.717) is 13.2 Å². The number of anilines is 3. The molecule has 100 valence electrons. The van der Waals surface area contributed by atoms with E-state index in [4.69, 9.17) is 26.7 Å². The molecule has 8 nitrogen and oxygen atoms in total. The number of hydrogen-bond acceptors (Lipinski definition) is 8. The van der Waals surface area contributed by atoms with Gasteiger partial charge in [0.2, 0.25) is 17.8 Å². The Morgan fingerprint density at radius 1 is 0.889 bits per heavy atom. The second-order valence-corrected chi connectivity index (χ2v) is 2.52. The van der Waals surface area contributed by atoms with Crippen LogP contribution in [0.2, 0.25) is 0 Å². The Morgan fingerprint density at radius 3 is 1.39 bits per heavy atom. The summed E-state index contributed by atoms with van der Waals surface area (Å²) >= 11 is 0. The quantitative estimate of drug-likeness (QED) is 0.495. The molecule has 0 aliphatic heterocycles. The van der Waals surface area contributed by atoms with E-state index in [1.165, 1.54) is 0 Å². The second-order valence-electron chi connectivity index (χ2n) is 2.52. The van der Waals surface area contributed by atoms with Crippen LogP contribution in [0.4, 0.5) is 17.8 Å². The molecule has 0 amide bonds. The van der Waals surface area contributed by atoms with Crippen molar-refractivity contribution < 1.29 is 9.53 Å². The molecule has 6 N–H and O–H groups in total. The first-order valence-corrected chi connectivity index (χ1v) is 4.71. The molecule has 1 rings (SSSR count). The molecule has 0 saturated heterocycles. The van der Waals surface area contributed by atoms with Crippen LogP contribution in [0.3, 0.4) is 0 Å². The van der Waals surface area contributed by atoms with Gasteiger partial charge in [-0.05, 0) is 0 Å². The molecule has 1 aromatic rings. The van der Waals surface area contributed by atoms with Gasteiger partial charge in [0.15, 0.2) is 0 Å². The zero-order valence-corrected chi connectivity index (χ0v) is 10.1. The molecule has 0 fully saturated rings. The zero-order valence-electron chi connectivity index (χ0n) is 10.1. The van der Waals surface area contributed by atoms with Gasteiger partial charge in [-0.1, -0.05) is 12.2 Å². The molecule has 0 aromatic carbocycles. The Morgan fingerprint density at radius 2 is 1.17 bits per heavy atom. The van der Waals surface area contributed by atoms with Crippen LogP contribution in [0.5, 0.6) is 0 Å². The van der Waals surface area contributed by atoms with E-state index >= 15 is 0 Å². The maximum Gasteiger partial charge on any atom is 0.226 e. The third kappa shape index (κ3) is 11.6. The van der Waals surface area contributed by atoms with Crippen LogP contribution in [0.1, 0.15) is 0 Å². The molecule has 0 radical (unpaired) electrons. The van der Waals surface area contributed by atoms with Crippen LogP contribution < -0.4 is 17.2 Å². The van der Waals surface area contributed by atoms with E-state index in [-0.39, 0.29) is 17.8 Å². The molecule has 1 heterocycles. The minimum absolute atomic E-state index is 0.0417. The summed E-state index contributed by atoms with van der Waals surface area (Å²) in [5, 5.41) is 0. The van der Waals surface area contributed by atoms with Gasteiger partial charge in [-0.15, -0.1) is 13.2 Å². The molecular weight excluding hydrogens is 236 g/mol. The number of aromatic nitrogens is 3. The topological polar surface area (TPSA) is 143 Å². The van der Waals surface area contributed by atoms with Gasteiger partial charge in [0.25, 0.3) is 0 Å². The van der Waals surface area contributed by atoms with Crippen molar-refractivity contribution in [2.24, 2.45) is 0 Å². The lowest BCUT2D eigenvalue weighted by atomic mass is 10.6. The molecule has 0 saturated carbocycles. The lowest BCUT2D eigenvalue weighted by molar-refractivity contribution is -0.0979. The van der Waals surface area contributed by atoms with E-state index in [1.54, 1.807) is 12.2 Å². The largest absolute Gasteiger partial charge is 0.373 e. The smallest absolute Gasteiger partial charge is 0.226 e. The first-order valence-electron chi connectivity index (χ1n) is 4.71. The van der Waals surface area contributed by atoms with Crippen LogP contribution in [0.15, 0.2) is 25.3 Å². The van der Waals surface area contributed by atoms with E-state index in [9.17, 15) is 0 Å². The molecule has 0 unspecified atom stereocenters. The minimum atomic E-state index is 0.0417. The van der Waals surface area contributed by atoms with Gasteiger partial charge in [-0.2, -0.15) is 15.0 Å². The zero-order chi connectivity index (χ0) is 14.4. The van der Waals surface area contributed by atoms with Crippen LogP contribution >= 0.6 is 0 Å². The summed E-state index contributed by atoms with van der Waals surface area (Å²) in [4.78, 5) is 18.5. The summed E-state index contributed by atoms with van der Waals surface area (Å²) in [5.41, 5.74) is 15.4. The molecule has 0 aliphatic rings. The minimum Gasteiger partial charge on any atom is -0.373 e. The summed E-state index contributed by atoms with van der Waals surface area (Å²) in [7, 11) is 0. The van der Waals surface area contributed by atoms with Gasteiger partial charge < -0.3 is 26.7 Å². The van der Waals surface area contributed by atoms with Gasteiger partial charge in [0.1, 0.15) is 6.79 Å². The van der Waals surface area contributed by atoms with Gasteiger partial charge >= 0.3 is 0 Å². The molecule has 0 aliphatic carbocycles. The Bertz CT molecular complexity index is 300. The fourth-order valence-corrected chi connectivity index (χ4v) is 0.662. The second kappa shape index (κ2) is 12.6. The standard InChI is InChI=1S/C6H10O.C3H6N6.CH2O/c1-3-5-7-6-4-2;4-1-7-2(5)9-3(6)8-1;1-2/h3-4H,1-2,5-6H2;(H6,4,5,6,7,8,9);1H2. The van der Waals surface area contributed by atoms with Gasteiger partial charge in [-0.25, -0.2) is 0 Å². The molecule has 0 spiro atoms. The summed E-state index contributed by atoms with van der Waals surface area (Å²) in [6.45, 7) is 10.2. The molecule has 0 atom stereocenters. The molecule has 8 heteroatoms. The van der Waals surface area contributed by atoms with E-state index in [0.717, 1.165) is 0 Å². The summed E-state index contributed by atoms with van der Waals surface area (Å²) in [6, 6.07) is 0. The highest BCUT2D eigenvalue weighted by atomic mass is 16.5. The SMILES string of the molecule is C=CCOCC=C.C=O.Nc1nc(N)nc(N)n1. The number of carbonyl (C=O) groups is 1. The summed E-state index contributed by atoms with van der Waals surface area (Å²) in [5.74, 6) is 0.125. The van der Waals surface area contributed by atoms with E-state index in [1.807, 2.05) is 6.79 Å². The Labute approximate surface area is 106 Å². The predicted molar refractivity (Wildman–Crippen MR) is 71.4 cm³/mol. The van der Waals surface area contributed by atoms with E-state index in [2.05, 4.69) is 28.1 Å². The lowest BCUT2D eigenvalue weighted by Crippen LogP contribution is -2.05. The molecule has 0 bridgehead atoms. The maximum absolute atomic E-state index is 8.00. The monoisotopic (exact) mass is 254 g/mol. The van der Waals surface area contributed by atoms with Crippen molar-refractivity contribution in [3.05, 3.63) is 25.3 Å². The van der Waals surface area contributed by atoms with Gasteiger partial charge in [0.05, 0.1) is 13.2 Å². The third-order valence-corrected chi connectivity index (χ3v) is 1.16. The van der Waals surface area contributed by atoms with Gasteiger partial charge in [-0.3, -0.25) is 0 Å². The normalized spacial score (nSPS) is 8.00. The predicted octanol–water partition coefficient (Wildman–Crippen LogP) is -0.192. The van der Waals surface area contributed by atoms with Crippen LogP contribution in [0, 0.1) is 0 Å². The fourth-order valence-electron chi connectivity index (χ4n) is 0.662. The number of nitrogens with two attached hydrogens (primary N) is 3. The van der Waals surface area contributed by atoms with Crippen LogP contribution in [-0.4, -0.2) is 35.0 Å². The van der Waals surface area contributed by atoms with Crippen molar-refractivity contribution in [2.75, 3.05) is 30.4 Å². The molecule has 1 aromatic heterocycles. The average Bonchev–Trinajstić information content (AvgIpc) is 2.31. The van der Waals surface area contributed by atoms with Crippen molar-refractivity contribution in [2.45, 2.75) is 0 Å². The Kier molecular flexibility index (Phi) is 12.5. The highest BCUT2D eigenvalue weighted by Crippen LogP contribution is 1.97. The summed E-state index contributed by atoms with van der Waals surface area (Å²) in [6.07, 6.45) is 3.42. The maximum atomic E-state index is 8.00. The number of ether oxygens (including phenoxy) is 1. The fraction of sp³-hybridized carbons (Fsp3) is 0.200.